The molecule has 31 heavy (non-hydrogen) atoms. The number of carboxylic acid groups (broad SMARTS) is 1. The number of allylic oxidation sites excluding steroid dienone is 1. The highest BCUT2D eigenvalue weighted by atomic mass is 28.3. The molecule has 1 heterocycles. The van der Waals surface area contributed by atoms with E-state index >= 15 is 0 Å². The molecule has 0 unspecified atom stereocenters. The molecule has 0 aliphatic carbocycles. The fourth-order valence-electron chi connectivity index (χ4n) is 3.33. The predicted molar refractivity (Wildman–Crippen MR) is 118 cm³/mol. The van der Waals surface area contributed by atoms with Gasteiger partial charge in [0.1, 0.15) is 11.6 Å². The minimum atomic E-state index is -1.67. The normalized spacial score (nSPS) is 14.9. The Morgan fingerprint density at radius 1 is 1.13 bits per heavy atom. The van der Waals surface area contributed by atoms with Crippen LogP contribution in [0.4, 0.5) is 4.39 Å². The number of rotatable bonds is 7. The zero-order valence-corrected chi connectivity index (χ0v) is 18.7. The average Bonchev–Trinajstić information content (AvgIpc) is 2.76. The second-order valence-electron chi connectivity index (χ2n) is 7.42. The van der Waals surface area contributed by atoms with Gasteiger partial charge in [-0.1, -0.05) is 18.2 Å². The van der Waals surface area contributed by atoms with Crippen LogP contribution < -0.4 is 9.61 Å². The summed E-state index contributed by atoms with van der Waals surface area (Å²) in [6, 6.07) is 11.4. The van der Waals surface area contributed by atoms with Gasteiger partial charge in [-0.15, -0.1) is 0 Å². The summed E-state index contributed by atoms with van der Waals surface area (Å²) in [5, 5.41) is 9.90. The third-order valence-corrected chi connectivity index (χ3v) is 7.37. The first-order valence-electron chi connectivity index (χ1n) is 10.1. The van der Waals surface area contributed by atoms with Crippen LogP contribution in [-0.2, 0) is 4.79 Å². The minimum Gasteiger partial charge on any atom is -0.536 e. The lowest BCUT2D eigenvalue weighted by Crippen LogP contribution is -2.54. The molecule has 1 N–H and O–H groups in total. The van der Waals surface area contributed by atoms with Crippen LogP contribution in [0.25, 0.3) is 0 Å². The zero-order chi connectivity index (χ0) is 22.4. The van der Waals surface area contributed by atoms with Crippen LogP contribution in [-0.4, -0.2) is 68.2 Å². The topological polar surface area (TPSA) is 70.1 Å². The number of halogens is 1. The SMILES string of the molecule is C/C=C/C(=O)N1CCN(C[Si](Oc2ccc(C(=O)O)cc2)c2ccc(C)c(F)c2)CC1. The van der Waals surface area contributed by atoms with Crippen molar-refractivity contribution in [2.24, 2.45) is 0 Å². The van der Waals surface area contributed by atoms with Gasteiger partial charge >= 0.3 is 15.0 Å². The number of hydrogen-bond acceptors (Lipinski definition) is 4. The van der Waals surface area contributed by atoms with Crippen molar-refractivity contribution in [1.82, 2.24) is 9.80 Å². The van der Waals surface area contributed by atoms with Gasteiger partial charge in [-0.25, -0.2) is 9.18 Å². The Balaban J connectivity index is 1.74. The van der Waals surface area contributed by atoms with E-state index in [9.17, 15) is 14.0 Å². The minimum absolute atomic E-state index is 0.0167. The lowest BCUT2D eigenvalue weighted by atomic mass is 10.2. The highest BCUT2D eigenvalue weighted by Gasteiger charge is 2.27. The van der Waals surface area contributed by atoms with Gasteiger partial charge in [0.05, 0.1) is 5.56 Å². The molecule has 8 heteroatoms. The number of piperazine rings is 1. The van der Waals surface area contributed by atoms with Crippen molar-refractivity contribution in [2.45, 2.75) is 13.8 Å². The maximum Gasteiger partial charge on any atom is 0.335 e. The number of carbonyl (C=O) groups excluding carboxylic acids is 1. The van der Waals surface area contributed by atoms with E-state index in [-0.39, 0.29) is 17.3 Å². The van der Waals surface area contributed by atoms with Crippen molar-refractivity contribution < 1.29 is 23.5 Å². The molecule has 1 amide bonds. The summed E-state index contributed by atoms with van der Waals surface area (Å²) in [6.45, 7) is 6.24. The molecule has 0 saturated carbocycles. The Morgan fingerprint density at radius 3 is 2.39 bits per heavy atom. The molecule has 0 atom stereocenters. The van der Waals surface area contributed by atoms with Gasteiger partial charge in [0.2, 0.25) is 5.91 Å². The van der Waals surface area contributed by atoms with Gasteiger partial charge < -0.3 is 14.4 Å². The highest BCUT2D eigenvalue weighted by Crippen LogP contribution is 2.15. The molecule has 163 valence electrons. The number of benzene rings is 2. The maximum absolute atomic E-state index is 14.2. The highest BCUT2D eigenvalue weighted by molar-refractivity contribution is 6.68. The summed E-state index contributed by atoms with van der Waals surface area (Å²) < 4.78 is 20.5. The molecule has 1 saturated heterocycles. The molecule has 1 aliphatic heterocycles. The van der Waals surface area contributed by atoms with Crippen LogP contribution in [0.15, 0.2) is 54.6 Å². The lowest BCUT2D eigenvalue weighted by Gasteiger charge is -2.35. The second kappa shape index (κ2) is 10.4. The van der Waals surface area contributed by atoms with E-state index in [2.05, 4.69) is 4.90 Å². The van der Waals surface area contributed by atoms with Crippen LogP contribution in [0.5, 0.6) is 5.75 Å². The van der Waals surface area contributed by atoms with Crippen molar-refractivity contribution in [3.05, 3.63) is 71.6 Å². The van der Waals surface area contributed by atoms with Crippen LogP contribution >= 0.6 is 0 Å². The smallest absolute Gasteiger partial charge is 0.335 e. The Bertz CT molecular complexity index is 957. The summed E-state index contributed by atoms with van der Waals surface area (Å²) in [5.74, 6) is -0.695. The van der Waals surface area contributed by atoms with E-state index in [1.165, 1.54) is 18.2 Å². The largest absolute Gasteiger partial charge is 0.536 e. The number of aryl methyl sites for hydroxylation is 1. The van der Waals surface area contributed by atoms with Crippen molar-refractivity contribution in [2.75, 3.05) is 32.3 Å². The van der Waals surface area contributed by atoms with Gasteiger partial charge in [0.25, 0.3) is 0 Å². The number of carboxylic acids is 1. The van der Waals surface area contributed by atoms with Crippen LogP contribution in [0, 0.1) is 12.7 Å². The number of aromatic carboxylic acids is 1. The average molecular weight is 442 g/mol. The molecule has 2 aromatic carbocycles. The Kier molecular flexibility index (Phi) is 7.59. The summed E-state index contributed by atoms with van der Waals surface area (Å²) in [7, 11) is -1.67. The monoisotopic (exact) mass is 441 g/mol. The Labute approximate surface area is 183 Å². The molecule has 0 bridgehead atoms. The number of amides is 1. The molecular weight excluding hydrogens is 415 g/mol. The predicted octanol–water partition coefficient (Wildman–Crippen LogP) is 2.37. The molecular formula is C23H26FN2O4Si. The van der Waals surface area contributed by atoms with Crippen molar-refractivity contribution in [3.8, 4) is 5.75 Å². The zero-order valence-electron chi connectivity index (χ0n) is 17.7. The second-order valence-corrected chi connectivity index (χ2v) is 9.36. The fourth-order valence-corrected chi connectivity index (χ4v) is 5.40. The number of hydrogen-bond donors (Lipinski definition) is 1. The summed E-state index contributed by atoms with van der Waals surface area (Å²) in [4.78, 5) is 27.2. The van der Waals surface area contributed by atoms with Gasteiger partial charge in [-0.3, -0.25) is 9.69 Å². The first-order chi connectivity index (χ1) is 14.9. The number of nitrogens with zero attached hydrogens (tertiary/aromatic N) is 2. The molecule has 2 aromatic rings. The molecule has 1 aliphatic rings. The van der Waals surface area contributed by atoms with Gasteiger partial charge in [0, 0.05) is 32.3 Å². The van der Waals surface area contributed by atoms with E-state index in [0.717, 1.165) is 5.19 Å². The van der Waals surface area contributed by atoms with Crippen LogP contribution in [0.3, 0.4) is 0 Å². The molecule has 1 radical (unpaired) electrons. The Hall–Kier alpha value is -2.97. The lowest BCUT2D eigenvalue weighted by molar-refractivity contribution is -0.127. The van der Waals surface area contributed by atoms with Crippen molar-refractivity contribution in [1.29, 1.82) is 0 Å². The van der Waals surface area contributed by atoms with Crippen molar-refractivity contribution >= 4 is 26.1 Å². The van der Waals surface area contributed by atoms with E-state index < -0.39 is 15.0 Å². The van der Waals surface area contributed by atoms with Crippen LogP contribution in [0.1, 0.15) is 22.8 Å². The molecule has 1 fully saturated rings. The van der Waals surface area contributed by atoms with Crippen LogP contribution in [0.2, 0.25) is 0 Å². The Morgan fingerprint density at radius 2 is 1.81 bits per heavy atom. The van der Waals surface area contributed by atoms with Gasteiger partial charge in [-0.05, 0) is 61.0 Å². The molecule has 0 aromatic heterocycles. The number of carbonyl (C=O) groups is 2. The van der Waals surface area contributed by atoms with Gasteiger partial charge in [0.15, 0.2) is 0 Å². The van der Waals surface area contributed by atoms with E-state index in [1.54, 1.807) is 37.3 Å². The molecule has 6 nitrogen and oxygen atoms in total. The third kappa shape index (κ3) is 6.02. The molecule has 0 spiro atoms. The molecule has 3 rings (SSSR count). The summed E-state index contributed by atoms with van der Waals surface area (Å²) in [6.07, 6.45) is 3.94. The quantitative estimate of drug-likeness (QED) is 0.528. The maximum atomic E-state index is 14.2. The first kappa shape index (κ1) is 22.7. The first-order valence-corrected chi connectivity index (χ1v) is 11.8. The third-order valence-electron chi connectivity index (χ3n) is 5.20. The van der Waals surface area contributed by atoms with Gasteiger partial charge in [-0.2, -0.15) is 0 Å². The van der Waals surface area contributed by atoms with E-state index in [4.69, 9.17) is 9.53 Å². The summed E-state index contributed by atoms with van der Waals surface area (Å²) >= 11 is 0. The fraction of sp³-hybridized carbons (Fsp3) is 0.304. The summed E-state index contributed by atoms with van der Waals surface area (Å²) in [5.41, 5.74) is 0.761. The standard InChI is InChI=1S/C23H26FN2O4Si/c1-3-4-22(27)26-13-11-25(12-14-26)16-31(20-10-5-17(2)21(24)15-20)30-19-8-6-18(7-9-19)23(28)29/h3-10,15H,11-14,16H2,1-2H3,(H,28,29)/b4-3+. The van der Waals surface area contributed by atoms with Crippen molar-refractivity contribution in [3.63, 3.8) is 0 Å². The van der Waals surface area contributed by atoms with E-state index in [1.807, 2.05) is 17.9 Å². The van der Waals surface area contributed by atoms with E-state index in [0.29, 0.717) is 43.7 Å².